The van der Waals surface area contributed by atoms with Crippen molar-refractivity contribution < 1.29 is 4.79 Å². The number of carbonyl (C=O) groups excluding carboxylic acids is 1. The van der Waals surface area contributed by atoms with Crippen molar-refractivity contribution in [3.05, 3.63) is 28.2 Å². The zero-order valence-electron chi connectivity index (χ0n) is 12.2. The molecule has 0 unspecified atom stereocenters. The van der Waals surface area contributed by atoms with Crippen molar-refractivity contribution in [3.63, 3.8) is 0 Å². The first-order chi connectivity index (χ1) is 8.95. The first-order valence-electron chi connectivity index (χ1n) is 6.65. The summed E-state index contributed by atoms with van der Waals surface area (Å²) >= 11 is 3.49. The van der Waals surface area contributed by atoms with Crippen LogP contribution in [-0.4, -0.2) is 44.4 Å². The summed E-state index contributed by atoms with van der Waals surface area (Å²) < 4.78 is 1.01. The number of benzene rings is 1. The molecule has 0 bridgehead atoms. The van der Waals surface area contributed by atoms with Crippen LogP contribution < -0.4 is 4.90 Å². The fraction of sp³-hybridized carbons (Fsp3) is 0.533. The van der Waals surface area contributed by atoms with Crippen LogP contribution in [0.3, 0.4) is 0 Å². The van der Waals surface area contributed by atoms with Crippen LogP contribution in [0.4, 0.5) is 5.69 Å². The van der Waals surface area contributed by atoms with Crippen molar-refractivity contribution in [2.75, 3.05) is 38.6 Å². The van der Waals surface area contributed by atoms with Crippen molar-refractivity contribution in [2.24, 2.45) is 0 Å². The Morgan fingerprint density at radius 2 is 1.95 bits per heavy atom. The molecular weight excluding hydrogens is 304 g/mol. The van der Waals surface area contributed by atoms with E-state index < -0.39 is 0 Å². The highest BCUT2D eigenvalue weighted by Gasteiger charge is 2.13. The summed E-state index contributed by atoms with van der Waals surface area (Å²) in [6.07, 6.45) is 1.09. The summed E-state index contributed by atoms with van der Waals surface area (Å²) in [4.78, 5) is 16.2. The Morgan fingerprint density at radius 3 is 2.47 bits per heavy atom. The number of rotatable bonds is 7. The Labute approximate surface area is 124 Å². The molecule has 0 aliphatic heterocycles. The molecule has 0 atom stereocenters. The third-order valence-corrected chi connectivity index (χ3v) is 3.59. The zero-order chi connectivity index (χ0) is 14.4. The second-order valence-electron chi connectivity index (χ2n) is 4.95. The molecule has 1 aromatic carbocycles. The van der Waals surface area contributed by atoms with E-state index in [1.54, 1.807) is 6.92 Å². The molecule has 4 heteroatoms. The molecule has 106 valence electrons. The first-order valence-corrected chi connectivity index (χ1v) is 7.45. The van der Waals surface area contributed by atoms with Gasteiger partial charge in [-0.15, -0.1) is 0 Å². The van der Waals surface area contributed by atoms with Gasteiger partial charge in [-0.2, -0.15) is 0 Å². The molecule has 0 spiro atoms. The van der Waals surface area contributed by atoms with Crippen molar-refractivity contribution >= 4 is 27.4 Å². The van der Waals surface area contributed by atoms with Crippen LogP contribution in [0.2, 0.25) is 0 Å². The average Bonchev–Trinajstić information content (AvgIpc) is 2.33. The third-order valence-electron chi connectivity index (χ3n) is 3.09. The number of Topliss-reactive ketones (excluding diaryl/α,β-unsaturated/α-hetero) is 1. The molecule has 0 saturated carbocycles. The quantitative estimate of drug-likeness (QED) is 0.717. The summed E-state index contributed by atoms with van der Waals surface area (Å²) in [5.41, 5.74) is 1.83. The molecule has 0 heterocycles. The Hall–Kier alpha value is -0.870. The maximum atomic E-state index is 11.7. The van der Waals surface area contributed by atoms with Gasteiger partial charge in [-0.1, -0.05) is 15.9 Å². The Bertz CT molecular complexity index is 432. The number of carbonyl (C=O) groups is 1. The van der Waals surface area contributed by atoms with E-state index in [1.165, 1.54) is 0 Å². The maximum absolute atomic E-state index is 11.7. The highest BCUT2D eigenvalue weighted by molar-refractivity contribution is 9.10. The second kappa shape index (κ2) is 7.65. The Balaban J connectivity index is 2.90. The number of nitrogens with zero attached hydrogens (tertiary/aromatic N) is 2. The van der Waals surface area contributed by atoms with Gasteiger partial charge in [0.25, 0.3) is 0 Å². The molecule has 0 aliphatic rings. The van der Waals surface area contributed by atoms with Crippen LogP contribution in [0.1, 0.15) is 30.6 Å². The van der Waals surface area contributed by atoms with Crippen LogP contribution in [0.15, 0.2) is 22.7 Å². The van der Waals surface area contributed by atoms with Gasteiger partial charge in [-0.25, -0.2) is 0 Å². The molecule has 0 radical (unpaired) electrons. The van der Waals surface area contributed by atoms with Gasteiger partial charge >= 0.3 is 0 Å². The molecule has 19 heavy (non-hydrogen) atoms. The summed E-state index contributed by atoms with van der Waals surface area (Å²) in [6, 6.07) is 5.86. The normalized spacial score (nSPS) is 10.8. The molecule has 0 aromatic heterocycles. The lowest BCUT2D eigenvalue weighted by molar-refractivity contribution is 0.101. The van der Waals surface area contributed by atoms with Crippen molar-refractivity contribution in [2.45, 2.75) is 20.3 Å². The highest BCUT2D eigenvalue weighted by atomic mass is 79.9. The number of anilines is 1. The van der Waals surface area contributed by atoms with E-state index in [4.69, 9.17) is 0 Å². The molecule has 3 nitrogen and oxygen atoms in total. The lowest BCUT2D eigenvalue weighted by Crippen LogP contribution is -2.28. The number of ketones is 1. The van der Waals surface area contributed by atoms with Crippen molar-refractivity contribution in [1.82, 2.24) is 4.90 Å². The largest absolute Gasteiger partial charge is 0.371 e. The van der Waals surface area contributed by atoms with E-state index in [9.17, 15) is 4.79 Å². The Kier molecular flexibility index (Phi) is 6.52. The maximum Gasteiger partial charge on any atom is 0.161 e. The molecule has 0 N–H and O–H groups in total. The van der Waals surface area contributed by atoms with Gasteiger partial charge in [0.1, 0.15) is 0 Å². The van der Waals surface area contributed by atoms with Gasteiger partial charge in [0.15, 0.2) is 5.78 Å². The van der Waals surface area contributed by atoms with E-state index in [1.807, 2.05) is 18.2 Å². The van der Waals surface area contributed by atoms with Crippen LogP contribution in [0.5, 0.6) is 0 Å². The zero-order valence-corrected chi connectivity index (χ0v) is 13.8. The standard InChI is InChI=1S/C15H23BrN2O/c1-5-18(10-6-9-17(3)4)15-11-13(16)7-8-14(15)12(2)19/h7-8,11H,5-6,9-10H2,1-4H3. The van der Waals surface area contributed by atoms with E-state index in [2.05, 4.69) is 46.7 Å². The number of halogens is 1. The summed E-state index contributed by atoms with van der Waals surface area (Å²) in [5, 5.41) is 0. The van der Waals surface area contributed by atoms with Crippen LogP contribution in [0.25, 0.3) is 0 Å². The van der Waals surface area contributed by atoms with Crippen molar-refractivity contribution in [1.29, 1.82) is 0 Å². The average molecular weight is 327 g/mol. The van der Waals surface area contributed by atoms with E-state index in [-0.39, 0.29) is 5.78 Å². The molecule has 0 aliphatic carbocycles. The summed E-state index contributed by atoms with van der Waals surface area (Å²) in [7, 11) is 4.16. The van der Waals surface area contributed by atoms with Crippen LogP contribution in [-0.2, 0) is 0 Å². The SMILES string of the molecule is CCN(CCCN(C)C)c1cc(Br)ccc1C(C)=O. The summed E-state index contributed by atoms with van der Waals surface area (Å²) in [5.74, 6) is 0.119. The minimum Gasteiger partial charge on any atom is -0.371 e. The minimum absolute atomic E-state index is 0.119. The number of hydrogen-bond acceptors (Lipinski definition) is 3. The van der Waals surface area contributed by atoms with Crippen molar-refractivity contribution in [3.8, 4) is 0 Å². The topological polar surface area (TPSA) is 23.6 Å². The molecular formula is C15H23BrN2O. The fourth-order valence-electron chi connectivity index (χ4n) is 2.09. The second-order valence-corrected chi connectivity index (χ2v) is 5.87. The van der Waals surface area contributed by atoms with Crippen LogP contribution in [0, 0.1) is 0 Å². The van der Waals surface area contributed by atoms with Gasteiger partial charge < -0.3 is 9.80 Å². The van der Waals surface area contributed by atoms with Gasteiger partial charge in [-0.3, -0.25) is 4.79 Å². The van der Waals surface area contributed by atoms with E-state index in [0.717, 1.165) is 41.8 Å². The smallest absolute Gasteiger partial charge is 0.161 e. The predicted octanol–water partition coefficient (Wildman–Crippen LogP) is 3.43. The number of hydrogen-bond donors (Lipinski definition) is 0. The molecule has 1 rings (SSSR count). The van der Waals surface area contributed by atoms with Gasteiger partial charge in [-0.05, 0) is 59.1 Å². The fourth-order valence-corrected chi connectivity index (χ4v) is 2.44. The molecule has 0 fully saturated rings. The third kappa shape index (κ3) is 4.96. The van der Waals surface area contributed by atoms with E-state index in [0.29, 0.717) is 0 Å². The minimum atomic E-state index is 0.119. The molecule has 0 amide bonds. The van der Waals surface area contributed by atoms with Crippen LogP contribution >= 0.6 is 15.9 Å². The van der Waals surface area contributed by atoms with Gasteiger partial charge in [0.2, 0.25) is 0 Å². The predicted molar refractivity (Wildman–Crippen MR) is 85.2 cm³/mol. The highest BCUT2D eigenvalue weighted by Crippen LogP contribution is 2.25. The first kappa shape index (κ1) is 16.2. The molecule has 0 saturated heterocycles. The lowest BCUT2D eigenvalue weighted by atomic mass is 10.1. The Morgan fingerprint density at radius 1 is 1.26 bits per heavy atom. The van der Waals surface area contributed by atoms with E-state index >= 15 is 0 Å². The van der Waals surface area contributed by atoms with Gasteiger partial charge in [0, 0.05) is 28.8 Å². The summed E-state index contributed by atoms with van der Waals surface area (Å²) in [6.45, 7) is 6.68. The molecule has 1 aromatic rings. The monoisotopic (exact) mass is 326 g/mol. The van der Waals surface area contributed by atoms with Gasteiger partial charge in [0.05, 0.1) is 0 Å². The lowest BCUT2D eigenvalue weighted by Gasteiger charge is -2.26.